The van der Waals surface area contributed by atoms with Gasteiger partial charge in [-0.3, -0.25) is 12.2 Å². The summed E-state index contributed by atoms with van der Waals surface area (Å²) in [5, 5.41) is 0. The van der Waals surface area contributed by atoms with Crippen LogP contribution in [-0.4, -0.2) is 0 Å². The number of rotatable bonds is 12. The quantitative estimate of drug-likeness (QED) is 0.276. The third kappa shape index (κ3) is 15.0. The molecule has 0 aromatic rings. The summed E-state index contributed by atoms with van der Waals surface area (Å²) in [5.41, 5.74) is 2.94. The fourth-order valence-electron chi connectivity index (χ4n) is 3.84. The van der Waals surface area contributed by atoms with Crippen molar-refractivity contribution < 1.29 is 51.0 Å². The van der Waals surface area contributed by atoms with Crippen molar-refractivity contribution >= 4 is 0 Å². The fraction of sp³-hybridized carbons (Fsp3) is 0.692. The fourth-order valence-corrected chi connectivity index (χ4v) is 3.84. The Labute approximate surface area is 214 Å². The molecule has 0 aromatic carbocycles. The van der Waals surface area contributed by atoms with Crippen molar-refractivity contribution in [2.75, 3.05) is 0 Å². The van der Waals surface area contributed by atoms with Gasteiger partial charge in [0, 0.05) is 0 Å². The molecule has 2 atom stereocenters. The largest absolute Gasteiger partial charge is 4.00 e. The molecule has 0 radical (unpaired) electrons. The van der Waals surface area contributed by atoms with E-state index >= 15 is 0 Å². The maximum Gasteiger partial charge on any atom is 4.00 e. The molecule has 2 unspecified atom stereocenters. The molecule has 0 aromatic heterocycles. The van der Waals surface area contributed by atoms with E-state index < -0.39 is 0 Å². The molecule has 2 rings (SSSR count). The summed E-state index contributed by atoms with van der Waals surface area (Å²) in [5.74, 6) is 1.57. The monoisotopic (exact) mass is 514 g/mol. The van der Waals surface area contributed by atoms with Crippen molar-refractivity contribution in [2.45, 2.75) is 105 Å². The Balaban J connectivity index is -0.000000422. The summed E-state index contributed by atoms with van der Waals surface area (Å²) >= 11 is 0. The van der Waals surface area contributed by atoms with E-state index in [0.29, 0.717) is 0 Å². The van der Waals surface area contributed by atoms with Gasteiger partial charge < -0.3 is 24.8 Å². The molecule has 0 bridgehead atoms. The maximum absolute atomic E-state index is 3.44. The smallest absolute Gasteiger partial charge is 1.00 e. The van der Waals surface area contributed by atoms with Crippen LogP contribution in [0.25, 0.3) is 0 Å². The van der Waals surface area contributed by atoms with Gasteiger partial charge in [0.25, 0.3) is 0 Å². The summed E-state index contributed by atoms with van der Waals surface area (Å²) in [6.07, 6.45) is 31.4. The first kappa shape index (κ1) is 34.0. The summed E-state index contributed by atoms with van der Waals surface area (Å²) < 4.78 is 0. The summed E-state index contributed by atoms with van der Waals surface area (Å²) in [6.45, 7) is 9.11. The van der Waals surface area contributed by atoms with Gasteiger partial charge in [0.1, 0.15) is 0 Å². The Hall–Kier alpha value is 0.423. The Bertz CT molecular complexity index is 433. The number of unbranched alkanes of at least 4 members (excludes halogenated alkanes) is 4. The van der Waals surface area contributed by atoms with Gasteiger partial charge >= 0.3 is 26.2 Å². The number of hydrogen-bond donors (Lipinski definition) is 0. The van der Waals surface area contributed by atoms with Gasteiger partial charge in [0.2, 0.25) is 0 Å². The Morgan fingerprint density at radius 3 is 1.31 bits per heavy atom. The zero-order chi connectivity index (χ0) is 19.0. The van der Waals surface area contributed by atoms with Crippen LogP contribution in [0, 0.1) is 24.0 Å². The number of hydrogen-bond acceptors (Lipinski definition) is 0. The molecular formula is C26H42Cl2Zr. The minimum absolute atomic E-state index is 0. The topological polar surface area (TPSA) is 0 Å². The number of allylic oxidation sites excluding steroid dienone is 8. The summed E-state index contributed by atoms with van der Waals surface area (Å²) in [6, 6.07) is 0. The van der Waals surface area contributed by atoms with Crippen molar-refractivity contribution in [1.29, 1.82) is 0 Å². The van der Waals surface area contributed by atoms with Crippen LogP contribution in [-0.2, 0) is 26.2 Å². The Morgan fingerprint density at radius 1 is 0.690 bits per heavy atom. The van der Waals surface area contributed by atoms with Crippen LogP contribution in [0.2, 0.25) is 0 Å². The molecule has 2 aliphatic carbocycles. The van der Waals surface area contributed by atoms with Crippen molar-refractivity contribution in [3.63, 3.8) is 0 Å². The van der Waals surface area contributed by atoms with Crippen molar-refractivity contribution in [2.24, 2.45) is 11.8 Å². The molecule has 0 aliphatic heterocycles. The average Bonchev–Trinajstić information content (AvgIpc) is 3.37. The minimum atomic E-state index is 0. The van der Waals surface area contributed by atoms with Crippen LogP contribution in [0.3, 0.4) is 0 Å². The van der Waals surface area contributed by atoms with Crippen LogP contribution >= 0.6 is 0 Å². The molecule has 3 heteroatoms. The molecule has 0 saturated heterocycles. The molecule has 164 valence electrons. The van der Waals surface area contributed by atoms with Gasteiger partial charge in [-0.15, -0.1) is 12.8 Å². The van der Waals surface area contributed by atoms with Gasteiger partial charge in [0.15, 0.2) is 0 Å². The molecule has 0 N–H and O–H groups in total. The van der Waals surface area contributed by atoms with E-state index in [1.54, 1.807) is 0 Å². The third-order valence-electron chi connectivity index (χ3n) is 5.62. The molecule has 0 spiro atoms. The van der Waals surface area contributed by atoms with E-state index in [1.165, 1.54) is 75.4 Å². The van der Waals surface area contributed by atoms with Gasteiger partial charge in [-0.25, -0.2) is 23.3 Å². The van der Waals surface area contributed by atoms with Crippen molar-refractivity contribution in [1.82, 2.24) is 0 Å². The van der Waals surface area contributed by atoms with Crippen molar-refractivity contribution in [3.05, 3.63) is 47.6 Å². The Kier molecular flexibility index (Phi) is 27.1. The second kappa shape index (κ2) is 23.1. The van der Waals surface area contributed by atoms with Crippen LogP contribution < -0.4 is 24.8 Å². The number of halogens is 2. The molecule has 0 saturated carbocycles. The van der Waals surface area contributed by atoms with E-state index in [-0.39, 0.29) is 51.0 Å². The van der Waals surface area contributed by atoms with Crippen LogP contribution in [0.4, 0.5) is 0 Å². The van der Waals surface area contributed by atoms with E-state index in [4.69, 9.17) is 0 Å². The second-order valence-electron chi connectivity index (χ2n) is 7.68. The normalized spacial score (nSPS) is 15.7. The zero-order valence-corrected chi connectivity index (χ0v) is 23.2. The van der Waals surface area contributed by atoms with Crippen LogP contribution in [0.15, 0.2) is 35.5 Å². The second-order valence-corrected chi connectivity index (χ2v) is 7.68. The van der Waals surface area contributed by atoms with Crippen molar-refractivity contribution in [3.8, 4) is 0 Å². The first-order valence-corrected chi connectivity index (χ1v) is 11.3. The molecule has 2 aliphatic rings. The van der Waals surface area contributed by atoms with E-state index in [0.717, 1.165) is 24.7 Å². The first-order chi connectivity index (χ1) is 12.8. The summed E-state index contributed by atoms with van der Waals surface area (Å²) in [4.78, 5) is 0. The predicted molar refractivity (Wildman–Crippen MR) is 117 cm³/mol. The molecule has 0 heterocycles. The minimum Gasteiger partial charge on any atom is -1.00 e. The van der Waals surface area contributed by atoms with E-state index in [9.17, 15) is 0 Å². The molecular weight excluding hydrogens is 474 g/mol. The first-order valence-electron chi connectivity index (χ1n) is 11.3. The van der Waals surface area contributed by atoms with E-state index in [2.05, 4.69) is 64.2 Å². The predicted octanol–water partition coefficient (Wildman–Crippen LogP) is 2.57. The zero-order valence-electron chi connectivity index (χ0n) is 19.2. The van der Waals surface area contributed by atoms with E-state index in [1.807, 2.05) is 0 Å². The molecule has 0 fully saturated rings. The van der Waals surface area contributed by atoms with Crippen LogP contribution in [0.5, 0.6) is 0 Å². The van der Waals surface area contributed by atoms with Gasteiger partial charge in [0.05, 0.1) is 0 Å². The van der Waals surface area contributed by atoms with Crippen LogP contribution in [0.1, 0.15) is 105 Å². The van der Waals surface area contributed by atoms with Gasteiger partial charge in [-0.1, -0.05) is 90.9 Å². The Morgan fingerprint density at radius 2 is 1.07 bits per heavy atom. The molecule has 0 nitrogen and oxygen atoms in total. The molecule has 0 amide bonds. The maximum atomic E-state index is 3.44. The summed E-state index contributed by atoms with van der Waals surface area (Å²) in [7, 11) is 0. The molecule has 29 heavy (non-hydrogen) atoms. The van der Waals surface area contributed by atoms with Gasteiger partial charge in [-0.05, 0) is 12.8 Å². The standard InChI is InChI=1S/2C13H21.2ClH.Zr/c2*1-3-5-6-9-12(4-2)13-10-7-8-11-13;;;/h2*7,10,12H,3-6,8-9H2,1-2H3;2*1H;/q2*-1;;;+4/p-2. The average molecular weight is 517 g/mol. The SMILES string of the molecule is CCCCCC(CC)C1=[C-]CC=C1.CCCCCC(CC)C1=[C-]CC=C1.[Cl-].[Cl-].[Zr+4]. The van der Waals surface area contributed by atoms with Gasteiger partial charge in [-0.2, -0.15) is 12.2 Å². The third-order valence-corrected chi connectivity index (χ3v) is 5.62.